The Labute approximate surface area is 108 Å². The van der Waals surface area contributed by atoms with E-state index in [1.807, 2.05) is 0 Å². The number of hydrogen-bond acceptors (Lipinski definition) is 2. The highest BCUT2D eigenvalue weighted by Gasteiger charge is 2.20. The van der Waals surface area contributed by atoms with Crippen LogP contribution in [0.1, 0.15) is 53.9 Å². The molecule has 2 heteroatoms. The lowest BCUT2D eigenvalue weighted by Crippen LogP contribution is -2.39. The van der Waals surface area contributed by atoms with E-state index >= 15 is 0 Å². The molecule has 0 spiro atoms. The summed E-state index contributed by atoms with van der Waals surface area (Å²) in [6.45, 7) is 16.7. The Balaban J connectivity index is 2.37. The van der Waals surface area contributed by atoms with Crippen molar-refractivity contribution in [1.29, 1.82) is 0 Å². The Morgan fingerprint density at radius 1 is 1.29 bits per heavy atom. The molecule has 1 rings (SSSR count). The van der Waals surface area contributed by atoms with Crippen molar-refractivity contribution in [2.75, 3.05) is 26.2 Å². The van der Waals surface area contributed by atoms with Crippen LogP contribution in [0.4, 0.5) is 0 Å². The van der Waals surface area contributed by atoms with Crippen molar-refractivity contribution in [3.8, 4) is 0 Å². The van der Waals surface area contributed by atoms with Crippen molar-refractivity contribution < 1.29 is 0 Å². The average molecular weight is 240 g/mol. The molecule has 1 saturated heterocycles. The zero-order chi connectivity index (χ0) is 12.9. The van der Waals surface area contributed by atoms with Gasteiger partial charge in [-0.3, -0.25) is 0 Å². The summed E-state index contributed by atoms with van der Waals surface area (Å²) in [6, 6.07) is 0.706. The minimum atomic E-state index is 0.466. The van der Waals surface area contributed by atoms with Crippen molar-refractivity contribution in [2.24, 2.45) is 11.3 Å². The minimum absolute atomic E-state index is 0.466. The van der Waals surface area contributed by atoms with Gasteiger partial charge in [-0.2, -0.15) is 0 Å². The predicted octanol–water partition coefficient (Wildman–Crippen LogP) is 3.13. The van der Waals surface area contributed by atoms with Crippen molar-refractivity contribution in [2.45, 2.75) is 59.9 Å². The first kappa shape index (κ1) is 15.0. The van der Waals surface area contributed by atoms with Crippen LogP contribution < -0.4 is 5.32 Å². The van der Waals surface area contributed by atoms with Gasteiger partial charge in [0.1, 0.15) is 0 Å². The molecular formula is C15H32N2. The van der Waals surface area contributed by atoms with Crippen LogP contribution in [0.2, 0.25) is 0 Å². The van der Waals surface area contributed by atoms with Crippen LogP contribution in [-0.4, -0.2) is 37.1 Å². The quantitative estimate of drug-likeness (QED) is 0.812. The summed E-state index contributed by atoms with van der Waals surface area (Å²) in [4.78, 5) is 2.66. The maximum absolute atomic E-state index is 3.70. The van der Waals surface area contributed by atoms with E-state index in [0.717, 1.165) is 5.92 Å². The van der Waals surface area contributed by atoms with Gasteiger partial charge in [-0.05, 0) is 50.2 Å². The third-order valence-electron chi connectivity index (χ3n) is 3.50. The molecule has 1 aliphatic heterocycles. The third kappa shape index (κ3) is 7.05. The Morgan fingerprint density at radius 2 is 2.00 bits per heavy atom. The van der Waals surface area contributed by atoms with Gasteiger partial charge in [0.25, 0.3) is 0 Å². The van der Waals surface area contributed by atoms with Crippen LogP contribution in [0, 0.1) is 11.3 Å². The van der Waals surface area contributed by atoms with E-state index in [-0.39, 0.29) is 0 Å². The van der Waals surface area contributed by atoms with Crippen LogP contribution in [0.25, 0.3) is 0 Å². The molecular weight excluding hydrogens is 208 g/mol. The molecule has 0 saturated carbocycles. The molecule has 1 fully saturated rings. The van der Waals surface area contributed by atoms with Gasteiger partial charge < -0.3 is 10.2 Å². The van der Waals surface area contributed by atoms with E-state index in [0.29, 0.717) is 11.5 Å². The van der Waals surface area contributed by atoms with Gasteiger partial charge in [0.2, 0.25) is 0 Å². The third-order valence-corrected chi connectivity index (χ3v) is 3.50. The lowest BCUT2D eigenvalue weighted by atomic mass is 9.92. The zero-order valence-electron chi connectivity index (χ0n) is 12.6. The highest BCUT2D eigenvalue weighted by molar-refractivity contribution is 4.78. The monoisotopic (exact) mass is 240 g/mol. The molecule has 102 valence electrons. The highest BCUT2D eigenvalue weighted by atomic mass is 15.2. The smallest absolute Gasteiger partial charge is 0.0197 e. The second-order valence-corrected chi connectivity index (χ2v) is 7.25. The van der Waals surface area contributed by atoms with Gasteiger partial charge in [-0.15, -0.1) is 0 Å². The Morgan fingerprint density at radius 3 is 2.59 bits per heavy atom. The summed E-state index contributed by atoms with van der Waals surface area (Å²) in [7, 11) is 0. The fourth-order valence-electron chi connectivity index (χ4n) is 2.50. The van der Waals surface area contributed by atoms with Crippen molar-refractivity contribution in [3.05, 3.63) is 0 Å². The van der Waals surface area contributed by atoms with Gasteiger partial charge in [0.15, 0.2) is 0 Å². The Kier molecular flexibility index (Phi) is 5.94. The molecule has 0 radical (unpaired) electrons. The molecule has 1 N–H and O–H groups in total. The minimum Gasteiger partial charge on any atom is -0.313 e. The topological polar surface area (TPSA) is 15.3 Å². The fraction of sp³-hybridized carbons (Fsp3) is 1.00. The molecule has 0 amide bonds. The molecule has 1 atom stereocenters. The van der Waals surface area contributed by atoms with Crippen LogP contribution in [0.15, 0.2) is 0 Å². The normalized spacial score (nSPS) is 24.0. The molecule has 17 heavy (non-hydrogen) atoms. The van der Waals surface area contributed by atoms with Gasteiger partial charge in [0.05, 0.1) is 0 Å². The second kappa shape index (κ2) is 6.75. The molecule has 2 nitrogen and oxygen atoms in total. The van der Waals surface area contributed by atoms with Crippen LogP contribution in [0.5, 0.6) is 0 Å². The van der Waals surface area contributed by atoms with E-state index in [1.165, 1.54) is 45.4 Å². The van der Waals surface area contributed by atoms with Crippen LogP contribution in [-0.2, 0) is 0 Å². The first-order valence-corrected chi connectivity index (χ1v) is 7.32. The molecule has 1 aliphatic rings. The standard InChI is InChI=1S/C15H32N2/c1-13(2)11-14-12-17(9-6-8-16-14)10-7-15(3,4)5/h13-14,16H,6-12H2,1-5H3. The van der Waals surface area contributed by atoms with Crippen LogP contribution >= 0.6 is 0 Å². The van der Waals surface area contributed by atoms with Gasteiger partial charge >= 0.3 is 0 Å². The first-order chi connectivity index (χ1) is 7.87. The Bertz CT molecular complexity index is 205. The second-order valence-electron chi connectivity index (χ2n) is 7.25. The summed E-state index contributed by atoms with van der Waals surface area (Å²) >= 11 is 0. The lowest BCUT2D eigenvalue weighted by molar-refractivity contribution is 0.217. The fourth-order valence-corrected chi connectivity index (χ4v) is 2.50. The largest absolute Gasteiger partial charge is 0.313 e. The Hall–Kier alpha value is -0.0800. The molecule has 1 heterocycles. The molecule has 0 aromatic rings. The summed E-state index contributed by atoms with van der Waals surface area (Å²) in [5, 5.41) is 3.70. The average Bonchev–Trinajstić information content (AvgIpc) is 2.38. The first-order valence-electron chi connectivity index (χ1n) is 7.32. The SMILES string of the molecule is CC(C)CC1CN(CCC(C)(C)C)CCCN1. The zero-order valence-corrected chi connectivity index (χ0v) is 12.6. The number of rotatable bonds is 4. The van der Waals surface area contributed by atoms with Gasteiger partial charge in [0, 0.05) is 12.6 Å². The van der Waals surface area contributed by atoms with Crippen molar-refractivity contribution >= 4 is 0 Å². The van der Waals surface area contributed by atoms with E-state index in [9.17, 15) is 0 Å². The summed E-state index contributed by atoms with van der Waals surface area (Å²) in [5.41, 5.74) is 0.466. The van der Waals surface area contributed by atoms with Crippen LogP contribution in [0.3, 0.4) is 0 Å². The molecule has 0 aromatic carbocycles. The van der Waals surface area contributed by atoms with E-state index in [1.54, 1.807) is 0 Å². The van der Waals surface area contributed by atoms with Gasteiger partial charge in [-0.25, -0.2) is 0 Å². The lowest BCUT2D eigenvalue weighted by Gasteiger charge is -2.28. The van der Waals surface area contributed by atoms with E-state index in [2.05, 4.69) is 44.8 Å². The number of nitrogens with one attached hydrogen (secondary N) is 1. The summed E-state index contributed by atoms with van der Waals surface area (Å²) < 4.78 is 0. The maximum Gasteiger partial charge on any atom is 0.0197 e. The molecule has 1 unspecified atom stereocenters. The van der Waals surface area contributed by atoms with E-state index < -0.39 is 0 Å². The van der Waals surface area contributed by atoms with Gasteiger partial charge in [-0.1, -0.05) is 34.6 Å². The van der Waals surface area contributed by atoms with Crippen molar-refractivity contribution in [3.63, 3.8) is 0 Å². The maximum atomic E-state index is 3.70. The summed E-state index contributed by atoms with van der Waals surface area (Å²) in [5.74, 6) is 0.801. The molecule has 0 aromatic heterocycles. The number of nitrogens with zero attached hydrogens (tertiary/aromatic N) is 1. The predicted molar refractivity (Wildman–Crippen MR) is 76.4 cm³/mol. The summed E-state index contributed by atoms with van der Waals surface area (Å²) in [6.07, 6.45) is 3.92. The highest BCUT2D eigenvalue weighted by Crippen LogP contribution is 2.19. The number of hydrogen-bond donors (Lipinski definition) is 1. The van der Waals surface area contributed by atoms with Crippen molar-refractivity contribution in [1.82, 2.24) is 10.2 Å². The molecule has 0 aliphatic carbocycles. The molecule has 0 bridgehead atoms. The van der Waals surface area contributed by atoms with E-state index in [4.69, 9.17) is 0 Å².